The Kier molecular flexibility index (Phi) is 13.6. The molecule has 0 spiro atoms. The number of nitro benzene ring substituents is 2. The van der Waals surface area contributed by atoms with Crippen LogP contribution in [0.25, 0.3) is 22.4 Å². The van der Waals surface area contributed by atoms with Gasteiger partial charge >= 0.3 is 7.12 Å². The first kappa shape index (κ1) is 42.6. The lowest BCUT2D eigenvalue weighted by Crippen LogP contribution is -2.30. The van der Waals surface area contributed by atoms with Crippen molar-refractivity contribution in [3.63, 3.8) is 0 Å². The number of halogens is 3. The number of hydrogen-bond donors (Lipinski definition) is 4. The Bertz CT molecular complexity index is 2860. The number of benzene rings is 4. The molecule has 8 aromatic rings. The van der Waals surface area contributed by atoms with Crippen LogP contribution in [0.3, 0.4) is 0 Å². The van der Waals surface area contributed by atoms with Crippen molar-refractivity contribution in [2.24, 2.45) is 0 Å². The van der Waals surface area contributed by atoms with E-state index < -0.39 is 17.0 Å². The summed E-state index contributed by atoms with van der Waals surface area (Å²) in [6.07, 6.45) is 10.2. The van der Waals surface area contributed by atoms with Gasteiger partial charge in [0.15, 0.2) is 0 Å². The predicted octanol–water partition coefficient (Wildman–Crippen LogP) is 8.09. The molecule has 0 saturated heterocycles. The molecule has 4 aromatic heterocycles. The van der Waals surface area contributed by atoms with Crippen molar-refractivity contribution in [1.29, 1.82) is 0 Å². The fourth-order valence-corrected chi connectivity index (χ4v) is 6.16. The second-order valence-electron chi connectivity index (χ2n) is 12.5. The molecule has 4 N–H and O–H groups in total. The number of nitro groups is 2. The zero-order valence-electron chi connectivity index (χ0n) is 30.6. The second kappa shape index (κ2) is 19.2. The van der Waals surface area contributed by atoms with Crippen molar-refractivity contribution in [1.82, 2.24) is 18.8 Å². The smallest absolute Gasteiger partial charge is 0.423 e. The van der Waals surface area contributed by atoms with E-state index in [1.165, 1.54) is 18.2 Å². The summed E-state index contributed by atoms with van der Waals surface area (Å²) in [6.45, 7) is 0. The highest BCUT2D eigenvalue weighted by Crippen LogP contribution is 2.33. The zero-order valence-corrected chi connectivity index (χ0v) is 33.7. The molecular weight excluding hydrogens is 882 g/mol. The van der Waals surface area contributed by atoms with Gasteiger partial charge in [0.05, 0.1) is 19.9 Å². The van der Waals surface area contributed by atoms with E-state index in [1.807, 2.05) is 0 Å². The molecule has 20 heteroatoms. The van der Waals surface area contributed by atoms with Crippen molar-refractivity contribution >= 4 is 97.6 Å². The van der Waals surface area contributed by atoms with Crippen LogP contribution in [0.2, 0.25) is 10.0 Å². The Hall–Kier alpha value is -6.96. The number of carbonyl (C=O) groups excluding carboxylic acids is 2. The van der Waals surface area contributed by atoms with E-state index in [4.69, 9.17) is 33.2 Å². The molecule has 300 valence electrons. The third kappa shape index (κ3) is 10.8. The SMILES string of the molecule is O=C(Nc1ccc(-c2ccc3nccn3c2)c([N+](=O)[O-])c1)c1ccc(Cl)cc1.O=C(Nc1ccc(Br)c([N+](=O)[O-])c1)c1ccc(Cl)cc1.OB(O)c1ccc2nccn2c1. The predicted molar refractivity (Wildman–Crippen MR) is 232 cm³/mol. The van der Waals surface area contributed by atoms with Crippen molar-refractivity contribution < 1.29 is 29.5 Å². The minimum Gasteiger partial charge on any atom is -0.423 e. The van der Waals surface area contributed by atoms with E-state index in [0.29, 0.717) is 53.6 Å². The molecule has 0 atom stereocenters. The number of amides is 2. The Morgan fingerprint density at radius 1 is 0.650 bits per heavy atom. The minimum atomic E-state index is -1.42. The first-order valence-electron chi connectivity index (χ1n) is 17.3. The molecule has 0 bridgehead atoms. The molecule has 4 heterocycles. The Morgan fingerprint density at radius 2 is 1.13 bits per heavy atom. The van der Waals surface area contributed by atoms with Gasteiger partial charge in [-0.05, 0) is 112 Å². The fraction of sp³-hybridized carbons (Fsp3) is 0. The summed E-state index contributed by atoms with van der Waals surface area (Å²) < 4.78 is 3.87. The van der Waals surface area contributed by atoms with E-state index >= 15 is 0 Å². The first-order valence-corrected chi connectivity index (χ1v) is 18.9. The first-order chi connectivity index (χ1) is 28.7. The molecule has 4 aromatic carbocycles. The number of rotatable bonds is 8. The van der Waals surface area contributed by atoms with Crippen LogP contribution in [0.4, 0.5) is 22.7 Å². The maximum atomic E-state index is 12.3. The fourth-order valence-electron chi connectivity index (χ4n) is 5.51. The third-order valence-electron chi connectivity index (χ3n) is 8.48. The monoisotopic (exact) mass is 908 g/mol. The Labute approximate surface area is 358 Å². The highest BCUT2D eigenvalue weighted by molar-refractivity contribution is 9.10. The molecule has 0 aliphatic rings. The van der Waals surface area contributed by atoms with Crippen LogP contribution in [-0.4, -0.2) is 57.6 Å². The van der Waals surface area contributed by atoms with Crippen LogP contribution in [0, 0.1) is 20.2 Å². The van der Waals surface area contributed by atoms with Crippen LogP contribution in [0.1, 0.15) is 20.7 Å². The van der Waals surface area contributed by atoms with Gasteiger partial charge in [-0.3, -0.25) is 29.8 Å². The molecule has 0 unspecified atom stereocenters. The molecular formula is C40H28BBrCl2N8O8. The lowest BCUT2D eigenvalue weighted by Gasteiger charge is -2.09. The van der Waals surface area contributed by atoms with Crippen LogP contribution in [0.5, 0.6) is 0 Å². The minimum absolute atomic E-state index is 0.103. The molecule has 0 saturated carbocycles. The Morgan fingerprint density at radius 3 is 1.65 bits per heavy atom. The van der Waals surface area contributed by atoms with Crippen LogP contribution < -0.4 is 16.1 Å². The van der Waals surface area contributed by atoms with Gasteiger partial charge < -0.3 is 29.5 Å². The van der Waals surface area contributed by atoms with E-state index in [2.05, 4.69) is 36.5 Å². The van der Waals surface area contributed by atoms with Crippen molar-refractivity contribution in [3.05, 3.63) is 192 Å². The van der Waals surface area contributed by atoms with E-state index in [9.17, 15) is 29.8 Å². The highest BCUT2D eigenvalue weighted by atomic mass is 79.9. The van der Waals surface area contributed by atoms with Gasteiger partial charge in [0, 0.05) is 87.4 Å². The summed E-state index contributed by atoms with van der Waals surface area (Å²) in [4.78, 5) is 53.9. The summed E-state index contributed by atoms with van der Waals surface area (Å²) in [6, 6.07) is 28.6. The zero-order chi connectivity index (χ0) is 42.9. The number of hydrogen-bond acceptors (Lipinski definition) is 10. The summed E-state index contributed by atoms with van der Waals surface area (Å²) in [5.74, 6) is -0.739. The van der Waals surface area contributed by atoms with Gasteiger partial charge in [-0.25, -0.2) is 9.97 Å². The molecule has 60 heavy (non-hydrogen) atoms. The topological polar surface area (TPSA) is 220 Å². The largest absolute Gasteiger partial charge is 0.489 e. The average molecular weight is 910 g/mol. The third-order valence-corrected chi connectivity index (χ3v) is 9.65. The molecule has 0 fully saturated rings. The summed E-state index contributed by atoms with van der Waals surface area (Å²) in [5, 5.41) is 46.4. The summed E-state index contributed by atoms with van der Waals surface area (Å²) in [7, 11) is -1.42. The number of aromatic nitrogens is 4. The number of imidazole rings is 2. The van der Waals surface area contributed by atoms with E-state index in [-0.39, 0.29) is 23.2 Å². The van der Waals surface area contributed by atoms with Crippen molar-refractivity contribution in [3.8, 4) is 11.1 Å². The van der Waals surface area contributed by atoms with Crippen LogP contribution >= 0.6 is 39.1 Å². The number of anilines is 2. The lowest BCUT2D eigenvalue weighted by molar-refractivity contribution is -0.385. The maximum Gasteiger partial charge on any atom is 0.489 e. The summed E-state index contributed by atoms with van der Waals surface area (Å²) in [5.41, 5.74) is 4.41. The number of nitrogens with one attached hydrogen (secondary N) is 2. The highest BCUT2D eigenvalue weighted by Gasteiger charge is 2.19. The number of carbonyl (C=O) groups is 2. The van der Waals surface area contributed by atoms with Gasteiger partial charge in [0.1, 0.15) is 11.3 Å². The second-order valence-corrected chi connectivity index (χ2v) is 14.2. The van der Waals surface area contributed by atoms with Gasteiger partial charge in [-0.1, -0.05) is 29.3 Å². The van der Waals surface area contributed by atoms with Crippen LogP contribution in [0.15, 0.2) is 151 Å². The van der Waals surface area contributed by atoms with Gasteiger partial charge in [-0.15, -0.1) is 0 Å². The number of nitrogens with zero attached hydrogens (tertiary/aromatic N) is 6. The Balaban J connectivity index is 0.000000164. The molecule has 0 aliphatic heterocycles. The van der Waals surface area contributed by atoms with E-state index in [0.717, 1.165) is 11.3 Å². The maximum absolute atomic E-state index is 12.3. The van der Waals surface area contributed by atoms with E-state index in [1.54, 1.807) is 137 Å². The molecule has 2 amide bonds. The number of pyridine rings is 2. The lowest BCUT2D eigenvalue weighted by atomic mass is 9.82. The quantitative estimate of drug-likeness (QED) is 0.0652. The van der Waals surface area contributed by atoms with Gasteiger partial charge in [0.2, 0.25) is 0 Å². The van der Waals surface area contributed by atoms with Gasteiger partial charge in [0.25, 0.3) is 23.2 Å². The van der Waals surface area contributed by atoms with Crippen LogP contribution in [-0.2, 0) is 0 Å². The summed E-state index contributed by atoms with van der Waals surface area (Å²) >= 11 is 14.6. The molecule has 8 rings (SSSR count). The molecule has 16 nitrogen and oxygen atoms in total. The number of fused-ring (bicyclic) bond motifs is 2. The van der Waals surface area contributed by atoms with Crippen molar-refractivity contribution in [2.45, 2.75) is 0 Å². The normalized spacial score (nSPS) is 10.5. The average Bonchev–Trinajstić information content (AvgIpc) is 3.92. The van der Waals surface area contributed by atoms with Gasteiger partial charge in [-0.2, -0.15) is 0 Å². The molecule has 0 aliphatic carbocycles. The standard InChI is InChI=1S/C20H13ClN4O3.C13H8BrClN2O3.C7H7BN2O2/c21-15-4-1-13(2-5-15)20(26)23-16-6-7-17(18(11-16)25(27)28)14-3-8-19-22-9-10-24(19)12-14;14-11-6-5-10(7-12(11)17(19)20)16-13(18)8-1-3-9(15)4-2-8;11-8(12)6-1-2-7-9-3-4-10(7)5-6/h1-12H,(H,23,26);1-7H,(H,16,18);1-5,11-12H. The van der Waals surface area contributed by atoms with Crippen molar-refractivity contribution in [2.75, 3.05) is 10.6 Å². The molecule has 0 radical (unpaired) electrons.